The molecule has 3 aromatic heterocycles. The number of nitrogens with zero attached hydrogens (tertiary/aromatic N) is 4. The van der Waals surface area contributed by atoms with Gasteiger partial charge in [0.1, 0.15) is 10.4 Å². The van der Waals surface area contributed by atoms with Crippen LogP contribution in [0.25, 0.3) is 38.4 Å². The lowest BCUT2D eigenvalue weighted by Crippen LogP contribution is -2.20. The van der Waals surface area contributed by atoms with Crippen molar-refractivity contribution < 1.29 is 4.39 Å². The smallest absolute Gasteiger partial charge is 0.274 e. The van der Waals surface area contributed by atoms with Crippen LogP contribution in [0.2, 0.25) is 5.02 Å². The molecule has 1 N–H and O–H groups in total. The van der Waals surface area contributed by atoms with E-state index in [1.165, 1.54) is 21.4 Å². The third kappa shape index (κ3) is 2.26. The third-order valence-electron chi connectivity index (χ3n) is 4.56. The molecule has 0 aliphatic carbocycles. The number of halogens is 3. The summed E-state index contributed by atoms with van der Waals surface area (Å²) in [6, 6.07) is 8.24. The van der Waals surface area contributed by atoms with Crippen molar-refractivity contribution in [3.05, 3.63) is 62.3 Å². The van der Waals surface area contributed by atoms with Gasteiger partial charge in [-0.3, -0.25) is 19.1 Å². The monoisotopic (exact) mass is 445 g/mol. The van der Waals surface area contributed by atoms with Crippen LogP contribution in [-0.2, 0) is 7.05 Å². The highest BCUT2D eigenvalue weighted by Crippen LogP contribution is 2.32. The maximum atomic E-state index is 14.2. The van der Waals surface area contributed by atoms with Crippen LogP contribution in [0.15, 0.2) is 45.9 Å². The first kappa shape index (κ1) is 16.5. The van der Waals surface area contributed by atoms with E-state index in [2.05, 4.69) is 31.2 Å². The molecular weight excluding hydrogens is 437 g/mol. The van der Waals surface area contributed by atoms with Gasteiger partial charge in [-0.15, -0.1) is 0 Å². The number of aromatic nitrogens is 5. The molecular formula is C18H10BrClFN5O. The van der Waals surface area contributed by atoms with Crippen LogP contribution >= 0.6 is 27.5 Å². The number of hydrogen-bond acceptors (Lipinski definition) is 3. The number of pyridine rings is 1. The number of hydrogen-bond donors (Lipinski definition) is 1. The SMILES string of the molecule is Cn1cc2c(n1)c(=O)n(-c1cccc3n[nH]c(Br)c13)c1cc(Cl)c(F)cc21. The van der Waals surface area contributed by atoms with Gasteiger partial charge < -0.3 is 0 Å². The first-order chi connectivity index (χ1) is 13.0. The van der Waals surface area contributed by atoms with Gasteiger partial charge in [0, 0.05) is 24.0 Å². The number of aryl methyl sites for hydroxylation is 1. The van der Waals surface area contributed by atoms with E-state index in [9.17, 15) is 9.18 Å². The normalized spacial score (nSPS) is 11.9. The average Bonchev–Trinajstić information content (AvgIpc) is 3.21. The topological polar surface area (TPSA) is 68.5 Å². The lowest BCUT2D eigenvalue weighted by Gasteiger charge is -2.13. The van der Waals surface area contributed by atoms with Gasteiger partial charge in [0.25, 0.3) is 5.56 Å². The third-order valence-corrected chi connectivity index (χ3v) is 5.42. The van der Waals surface area contributed by atoms with Crippen molar-refractivity contribution in [2.75, 3.05) is 0 Å². The fourth-order valence-electron chi connectivity index (χ4n) is 3.43. The van der Waals surface area contributed by atoms with E-state index in [0.29, 0.717) is 32.1 Å². The molecule has 6 nitrogen and oxygen atoms in total. The Bertz CT molecular complexity index is 1450. The van der Waals surface area contributed by atoms with Gasteiger partial charge in [-0.2, -0.15) is 10.2 Å². The van der Waals surface area contributed by atoms with Crippen LogP contribution in [0.3, 0.4) is 0 Å². The highest BCUT2D eigenvalue weighted by atomic mass is 79.9. The Morgan fingerprint density at radius 1 is 1.26 bits per heavy atom. The number of rotatable bonds is 1. The molecule has 0 amide bonds. The zero-order valence-electron chi connectivity index (χ0n) is 13.8. The molecule has 134 valence electrons. The molecule has 0 fully saturated rings. The predicted octanol–water partition coefficient (Wildman–Crippen LogP) is 4.31. The molecule has 0 bridgehead atoms. The summed E-state index contributed by atoms with van der Waals surface area (Å²) in [5.74, 6) is -0.554. The molecule has 0 atom stereocenters. The molecule has 2 aromatic carbocycles. The molecule has 3 heterocycles. The van der Waals surface area contributed by atoms with Gasteiger partial charge in [-0.05, 0) is 40.2 Å². The molecule has 5 aromatic rings. The minimum absolute atomic E-state index is 0.0580. The average molecular weight is 447 g/mol. The second-order valence-electron chi connectivity index (χ2n) is 6.20. The van der Waals surface area contributed by atoms with E-state index in [-0.39, 0.29) is 16.1 Å². The van der Waals surface area contributed by atoms with Crippen molar-refractivity contribution in [1.82, 2.24) is 24.5 Å². The largest absolute Gasteiger partial charge is 0.284 e. The fourth-order valence-corrected chi connectivity index (χ4v) is 4.09. The molecule has 0 unspecified atom stereocenters. The van der Waals surface area contributed by atoms with Crippen LogP contribution < -0.4 is 5.56 Å². The van der Waals surface area contributed by atoms with E-state index in [1.807, 2.05) is 6.07 Å². The molecule has 9 heteroatoms. The van der Waals surface area contributed by atoms with Crippen LogP contribution in [-0.4, -0.2) is 24.5 Å². The fraction of sp³-hybridized carbons (Fsp3) is 0.0556. The summed E-state index contributed by atoms with van der Waals surface area (Å²) in [6.07, 6.45) is 1.70. The predicted molar refractivity (Wildman–Crippen MR) is 106 cm³/mol. The van der Waals surface area contributed by atoms with E-state index < -0.39 is 5.82 Å². The first-order valence-electron chi connectivity index (χ1n) is 7.96. The summed E-state index contributed by atoms with van der Waals surface area (Å²) in [6.45, 7) is 0. The van der Waals surface area contributed by atoms with Crippen molar-refractivity contribution in [2.24, 2.45) is 7.05 Å². The zero-order chi connectivity index (χ0) is 18.9. The Morgan fingerprint density at radius 3 is 2.89 bits per heavy atom. The maximum Gasteiger partial charge on any atom is 0.284 e. The molecule has 0 saturated carbocycles. The van der Waals surface area contributed by atoms with E-state index in [0.717, 1.165) is 5.39 Å². The molecule has 0 saturated heterocycles. The second kappa shape index (κ2) is 5.64. The quantitative estimate of drug-likeness (QED) is 0.417. The van der Waals surface area contributed by atoms with Crippen LogP contribution in [0.1, 0.15) is 0 Å². The standard InChI is InChI=1S/C18H10BrClFN5O/c1-25-7-9-8-5-11(21)10(20)6-14(8)26(18(27)16(9)24-25)13-4-2-3-12-15(13)17(19)23-22-12/h2-7H,1H3,(H,22,23). The van der Waals surface area contributed by atoms with Gasteiger partial charge in [0.05, 0.1) is 27.1 Å². The molecule has 0 radical (unpaired) electrons. The molecule has 0 aliphatic rings. The maximum absolute atomic E-state index is 14.2. The van der Waals surface area contributed by atoms with Crippen LogP contribution in [0, 0.1) is 5.82 Å². The van der Waals surface area contributed by atoms with Crippen molar-refractivity contribution in [1.29, 1.82) is 0 Å². The summed E-state index contributed by atoms with van der Waals surface area (Å²) in [7, 11) is 1.72. The van der Waals surface area contributed by atoms with E-state index in [1.54, 1.807) is 25.4 Å². The summed E-state index contributed by atoms with van der Waals surface area (Å²) >= 11 is 9.49. The van der Waals surface area contributed by atoms with Gasteiger partial charge in [0.2, 0.25) is 0 Å². The van der Waals surface area contributed by atoms with Gasteiger partial charge >= 0.3 is 0 Å². The summed E-state index contributed by atoms with van der Waals surface area (Å²) in [4.78, 5) is 13.3. The van der Waals surface area contributed by atoms with Crippen molar-refractivity contribution >= 4 is 60.2 Å². The van der Waals surface area contributed by atoms with Gasteiger partial charge in [-0.1, -0.05) is 17.7 Å². The van der Waals surface area contributed by atoms with E-state index >= 15 is 0 Å². The number of benzene rings is 2. The Kier molecular flexibility index (Phi) is 3.44. The van der Waals surface area contributed by atoms with Crippen molar-refractivity contribution in [3.63, 3.8) is 0 Å². The number of fused-ring (bicyclic) bond motifs is 4. The first-order valence-corrected chi connectivity index (χ1v) is 9.13. The van der Waals surface area contributed by atoms with E-state index in [4.69, 9.17) is 11.6 Å². The number of H-pyrrole nitrogens is 1. The lowest BCUT2D eigenvalue weighted by molar-refractivity contribution is 0.630. The Balaban J connectivity index is 2.08. The highest BCUT2D eigenvalue weighted by Gasteiger charge is 2.19. The highest BCUT2D eigenvalue weighted by molar-refractivity contribution is 9.10. The lowest BCUT2D eigenvalue weighted by atomic mass is 10.1. The second-order valence-corrected chi connectivity index (χ2v) is 7.40. The Labute approximate surface area is 164 Å². The molecule has 0 spiro atoms. The van der Waals surface area contributed by atoms with Crippen LogP contribution in [0.5, 0.6) is 0 Å². The Morgan fingerprint density at radius 2 is 2.07 bits per heavy atom. The molecule has 0 aliphatic heterocycles. The van der Waals surface area contributed by atoms with Crippen LogP contribution in [0.4, 0.5) is 4.39 Å². The van der Waals surface area contributed by atoms with Gasteiger partial charge in [-0.25, -0.2) is 4.39 Å². The molecule has 27 heavy (non-hydrogen) atoms. The van der Waals surface area contributed by atoms with Gasteiger partial charge in [0.15, 0.2) is 5.52 Å². The minimum atomic E-state index is -0.554. The summed E-state index contributed by atoms with van der Waals surface area (Å²) in [5.41, 5.74) is 1.71. The summed E-state index contributed by atoms with van der Waals surface area (Å²) < 4.78 is 17.9. The van der Waals surface area contributed by atoms with Crippen molar-refractivity contribution in [2.45, 2.75) is 0 Å². The Hall–Kier alpha value is -2.71. The van der Waals surface area contributed by atoms with Crippen molar-refractivity contribution in [3.8, 4) is 5.69 Å². The summed E-state index contributed by atoms with van der Waals surface area (Å²) in [5, 5.41) is 13.2. The molecule has 5 rings (SSSR count). The number of aromatic amines is 1. The zero-order valence-corrected chi connectivity index (χ0v) is 16.1. The minimum Gasteiger partial charge on any atom is -0.274 e. The number of nitrogens with one attached hydrogen (secondary N) is 1.